The Morgan fingerprint density at radius 2 is 1.88 bits per heavy atom. The molecule has 0 unspecified atom stereocenters. The second-order valence-electron chi connectivity index (χ2n) is 5.08. The van der Waals surface area contributed by atoms with Crippen molar-refractivity contribution in [3.05, 3.63) is 80.6 Å². The fraction of sp³-hybridized carbons (Fsp3) is 0.0588. The van der Waals surface area contributed by atoms with Crippen LogP contribution in [0.4, 0.5) is 10.2 Å². The molecule has 0 aliphatic rings. The van der Waals surface area contributed by atoms with Gasteiger partial charge in [-0.3, -0.25) is 4.79 Å². The number of amides is 1. The molecule has 24 heavy (non-hydrogen) atoms. The van der Waals surface area contributed by atoms with Gasteiger partial charge in [0.2, 0.25) is 0 Å². The molecular weight excluding hydrogens is 441 g/mol. The number of halogens is 3. The van der Waals surface area contributed by atoms with Crippen LogP contribution in [-0.4, -0.2) is 15.7 Å². The predicted molar refractivity (Wildman–Crippen MR) is 97.5 cm³/mol. The molecule has 0 bridgehead atoms. The van der Waals surface area contributed by atoms with E-state index in [9.17, 15) is 9.18 Å². The first kappa shape index (κ1) is 16.9. The van der Waals surface area contributed by atoms with Crippen LogP contribution in [0.5, 0.6) is 0 Å². The van der Waals surface area contributed by atoms with Crippen LogP contribution in [0, 0.1) is 5.82 Å². The molecule has 1 N–H and O–H groups in total. The third kappa shape index (κ3) is 3.91. The second kappa shape index (κ2) is 7.27. The maximum atomic E-state index is 13.4. The van der Waals surface area contributed by atoms with Gasteiger partial charge in [-0.15, -0.1) is 0 Å². The zero-order valence-corrected chi connectivity index (χ0v) is 15.5. The quantitative estimate of drug-likeness (QED) is 0.615. The predicted octanol–water partition coefficient (Wildman–Crippen LogP) is 4.85. The van der Waals surface area contributed by atoms with Gasteiger partial charge >= 0.3 is 0 Å². The van der Waals surface area contributed by atoms with E-state index in [0.29, 0.717) is 16.8 Å². The van der Waals surface area contributed by atoms with Gasteiger partial charge in [-0.05, 0) is 51.8 Å². The van der Waals surface area contributed by atoms with Crippen LogP contribution in [0.3, 0.4) is 0 Å². The maximum Gasteiger partial charge on any atom is 0.258 e. The topological polar surface area (TPSA) is 46.9 Å². The third-order valence-electron chi connectivity index (χ3n) is 3.38. The summed E-state index contributed by atoms with van der Waals surface area (Å²) in [5.74, 6) is -0.329. The lowest BCUT2D eigenvalue weighted by Gasteiger charge is -2.10. The third-order valence-corrected chi connectivity index (χ3v) is 4.60. The minimum Gasteiger partial charge on any atom is -0.307 e. The molecule has 0 aliphatic heterocycles. The smallest absolute Gasteiger partial charge is 0.258 e. The number of nitrogens with zero attached hydrogens (tertiary/aromatic N) is 2. The van der Waals surface area contributed by atoms with E-state index in [1.807, 2.05) is 24.3 Å². The molecule has 1 aromatic heterocycles. The molecule has 0 radical (unpaired) electrons. The highest BCUT2D eigenvalue weighted by Crippen LogP contribution is 2.20. The molecule has 0 atom stereocenters. The van der Waals surface area contributed by atoms with E-state index in [0.717, 1.165) is 10.0 Å². The van der Waals surface area contributed by atoms with E-state index >= 15 is 0 Å². The molecule has 122 valence electrons. The van der Waals surface area contributed by atoms with Gasteiger partial charge in [-0.1, -0.05) is 28.1 Å². The molecule has 0 fully saturated rings. The first-order valence-electron chi connectivity index (χ1n) is 7.05. The number of hydrogen-bond donors (Lipinski definition) is 1. The van der Waals surface area contributed by atoms with Crippen LogP contribution >= 0.6 is 31.9 Å². The molecule has 1 heterocycles. The van der Waals surface area contributed by atoms with E-state index < -0.39 is 11.7 Å². The summed E-state index contributed by atoms with van der Waals surface area (Å²) < 4.78 is 16.6. The van der Waals surface area contributed by atoms with Gasteiger partial charge in [0.05, 0.1) is 18.3 Å². The summed E-state index contributed by atoms with van der Waals surface area (Å²) >= 11 is 6.65. The van der Waals surface area contributed by atoms with Crippen molar-refractivity contribution in [2.24, 2.45) is 0 Å². The Hall–Kier alpha value is -1.99. The number of anilines is 1. The van der Waals surface area contributed by atoms with Crippen molar-refractivity contribution in [3.8, 4) is 0 Å². The number of carbonyl (C=O) groups is 1. The van der Waals surface area contributed by atoms with E-state index in [1.165, 1.54) is 18.2 Å². The van der Waals surface area contributed by atoms with Gasteiger partial charge in [0, 0.05) is 15.0 Å². The Morgan fingerprint density at radius 3 is 2.62 bits per heavy atom. The first-order chi connectivity index (χ1) is 11.5. The number of benzene rings is 2. The summed E-state index contributed by atoms with van der Waals surface area (Å²) in [6, 6.07) is 13.5. The lowest BCUT2D eigenvalue weighted by atomic mass is 10.2. The first-order valence-corrected chi connectivity index (χ1v) is 8.64. The van der Waals surface area contributed by atoms with Crippen LogP contribution < -0.4 is 5.32 Å². The zero-order valence-electron chi connectivity index (χ0n) is 12.3. The van der Waals surface area contributed by atoms with Crippen LogP contribution in [-0.2, 0) is 6.54 Å². The fourth-order valence-electron chi connectivity index (χ4n) is 2.18. The Bertz CT molecular complexity index is 878. The Balaban J connectivity index is 1.79. The molecular formula is C17H12Br2FN3O. The van der Waals surface area contributed by atoms with Crippen LogP contribution in [0.2, 0.25) is 0 Å². The number of hydrogen-bond acceptors (Lipinski definition) is 2. The molecule has 4 nitrogen and oxygen atoms in total. The average Bonchev–Trinajstić information content (AvgIpc) is 2.98. The summed E-state index contributed by atoms with van der Waals surface area (Å²) in [5, 5.41) is 6.99. The van der Waals surface area contributed by atoms with E-state index in [2.05, 4.69) is 42.3 Å². The lowest BCUT2D eigenvalue weighted by molar-refractivity contribution is 0.102. The minimum absolute atomic E-state index is 0.228. The van der Waals surface area contributed by atoms with Gasteiger partial charge < -0.3 is 5.32 Å². The lowest BCUT2D eigenvalue weighted by Crippen LogP contribution is -2.17. The highest BCUT2D eigenvalue weighted by molar-refractivity contribution is 9.10. The van der Waals surface area contributed by atoms with Crippen molar-refractivity contribution in [1.29, 1.82) is 0 Å². The molecule has 0 saturated carbocycles. The molecule has 1 amide bonds. The van der Waals surface area contributed by atoms with Crippen molar-refractivity contribution < 1.29 is 9.18 Å². The van der Waals surface area contributed by atoms with Gasteiger partial charge in [-0.25, -0.2) is 9.07 Å². The SMILES string of the molecule is O=C(Nc1ccnn1Cc1ccc(Br)cc1)c1cc(F)ccc1Br. The summed E-state index contributed by atoms with van der Waals surface area (Å²) in [5.41, 5.74) is 1.27. The molecule has 2 aromatic carbocycles. The zero-order chi connectivity index (χ0) is 17.1. The van der Waals surface area contributed by atoms with E-state index in [1.54, 1.807) is 16.9 Å². The van der Waals surface area contributed by atoms with Crippen molar-refractivity contribution in [1.82, 2.24) is 9.78 Å². The number of rotatable bonds is 4. The number of carbonyl (C=O) groups excluding carboxylic acids is 1. The monoisotopic (exact) mass is 451 g/mol. The van der Waals surface area contributed by atoms with E-state index in [4.69, 9.17) is 0 Å². The molecule has 0 aliphatic carbocycles. The summed E-state index contributed by atoms with van der Waals surface area (Å²) in [6.45, 7) is 0.514. The highest BCUT2D eigenvalue weighted by atomic mass is 79.9. The summed E-state index contributed by atoms with van der Waals surface area (Å²) in [7, 11) is 0. The van der Waals surface area contributed by atoms with Crippen molar-refractivity contribution in [2.45, 2.75) is 6.54 Å². The van der Waals surface area contributed by atoms with Crippen LogP contribution in [0.15, 0.2) is 63.7 Å². The molecule has 3 aromatic rings. The highest BCUT2D eigenvalue weighted by Gasteiger charge is 2.14. The second-order valence-corrected chi connectivity index (χ2v) is 6.85. The fourth-order valence-corrected chi connectivity index (χ4v) is 2.87. The van der Waals surface area contributed by atoms with Crippen molar-refractivity contribution in [3.63, 3.8) is 0 Å². The molecule has 3 rings (SSSR count). The van der Waals surface area contributed by atoms with Gasteiger partial charge in [0.25, 0.3) is 5.91 Å². The summed E-state index contributed by atoms with van der Waals surface area (Å²) in [6.07, 6.45) is 1.61. The van der Waals surface area contributed by atoms with Gasteiger partial charge in [0.1, 0.15) is 11.6 Å². The maximum absolute atomic E-state index is 13.4. The normalized spacial score (nSPS) is 10.6. The number of nitrogens with one attached hydrogen (secondary N) is 1. The van der Waals surface area contributed by atoms with Gasteiger partial charge in [-0.2, -0.15) is 5.10 Å². The molecule has 0 spiro atoms. The number of aromatic nitrogens is 2. The van der Waals surface area contributed by atoms with Gasteiger partial charge in [0.15, 0.2) is 0 Å². The van der Waals surface area contributed by atoms with Crippen molar-refractivity contribution >= 4 is 43.6 Å². The van der Waals surface area contributed by atoms with Crippen LogP contribution in [0.25, 0.3) is 0 Å². The van der Waals surface area contributed by atoms with E-state index in [-0.39, 0.29) is 5.56 Å². The Morgan fingerprint density at radius 1 is 1.12 bits per heavy atom. The standard InChI is InChI=1S/C17H12Br2FN3O/c18-12-3-1-11(2-4-12)10-23-16(7-8-21-23)22-17(24)14-9-13(20)5-6-15(14)19/h1-9H,10H2,(H,22,24). The van der Waals surface area contributed by atoms with Crippen LogP contribution in [0.1, 0.15) is 15.9 Å². The summed E-state index contributed by atoms with van der Waals surface area (Å²) in [4.78, 5) is 12.4. The molecule has 7 heteroatoms. The Labute approximate surface area is 154 Å². The largest absolute Gasteiger partial charge is 0.307 e. The molecule has 0 saturated heterocycles. The van der Waals surface area contributed by atoms with Crippen molar-refractivity contribution in [2.75, 3.05) is 5.32 Å². The average molecular weight is 453 g/mol. The Kier molecular flexibility index (Phi) is 5.11. The minimum atomic E-state index is -0.466.